The number of benzene rings is 1. The molecule has 0 fully saturated rings. The van der Waals surface area contributed by atoms with Gasteiger partial charge in [-0.25, -0.2) is 0 Å². The van der Waals surface area contributed by atoms with Crippen LogP contribution in [-0.2, 0) is 0 Å². The molecule has 94 valence electrons. The summed E-state index contributed by atoms with van der Waals surface area (Å²) in [6.07, 6.45) is 1.82. The summed E-state index contributed by atoms with van der Waals surface area (Å²) in [7, 11) is 0. The molecule has 0 spiro atoms. The van der Waals surface area contributed by atoms with Gasteiger partial charge in [0.15, 0.2) is 0 Å². The molecule has 3 rings (SSSR count). The van der Waals surface area contributed by atoms with Gasteiger partial charge in [0.1, 0.15) is 0 Å². The zero-order valence-corrected chi connectivity index (χ0v) is 12.0. The Kier molecular flexibility index (Phi) is 3.36. The fourth-order valence-corrected chi connectivity index (χ4v) is 3.08. The van der Waals surface area contributed by atoms with Gasteiger partial charge in [-0.15, -0.1) is 11.3 Å². The van der Waals surface area contributed by atoms with Crippen molar-refractivity contribution in [3.8, 4) is 22.4 Å². The minimum absolute atomic E-state index is 0.817. The van der Waals surface area contributed by atoms with Gasteiger partial charge in [0.2, 0.25) is 0 Å². The largest absolute Gasteiger partial charge is 0.256 e. The first-order chi connectivity index (χ1) is 9.25. The number of rotatable bonds is 2. The Morgan fingerprint density at radius 2 is 1.89 bits per heavy atom. The predicted molar refractivity (Wildman–Crippen MR) is 82.7 cm³/mol. The third-order valence-corrected chi connectivity index (χ3v) is 4.24. The van der Waals surface area contributed by atoms with Crippen LogP contribution < -0.4 is 0 Å². The Balaban J connectivity index is 2.14. The molecule has 0 N–H and O–H groups in total. The quantitative estimate of drug-likeness (QED) is 0.611. The molecule has 2 aromatic heterocycles. The van der Waals surface area contributed by atoms with Crippen molar-refractivity contribution in [3.05, 3.63) is 63.9 Å². The summed E-state index contributed by atoms with van der Waals surface area (Å²) in [4.78, 5) is 4.43. The second-order valence-corrected chi connectivity index (χ2v) is 5.88. The van der Waals surface area contributed by atoms with Gasteiger partial charge < -0.3 is 0 Å². The van der Waals surface area contributed by atoms with Crippen LogP contribution in [0.4, 0.5) is 0 Å². The minimum atomic E-state index is 0.817. The van der Waals surface area contributed by atoms with E-state index < -0.39 is 0 Å². The van der Waals surface area contributed by atoms with Crippen molar-refractivity contribution in [2.45, 2.75) is 6.92 Å². The Labute approximate surface area is 121 Å². The van der Waals surface area contributed by atoms with Gasteiger partial charge in [-0.2, -0.15) is 0 Å². The third kappa shape index (κ3) is 2.42. The van der Waals surface area contributed by atoms with E-state index in [4.69, 9.17) is 11.6 Å². The zero-order valence-electron chi connectivity index (χ0n) is 10.4. The molecule has 0 bridgehead atoms. The molecule has 0 aliphatic carbocycles. The molecule has 0 aliphatic heterocycles. The monoisotopic (exact) mass is 285 g/mol. The first kappa shape index (κ1) is 12.4. The van der Waals surface area contributed by atoms with Crippen molar-refractivity contribution in [1.29, 1.82) is 0 Å². The van der Waals surface area contributed by atoms with Crippen molar-refractivity contribution in [1.82, 2.24) is 4.98 Å². The maximum Gasteiger partial charge on any atom is 0.0934 e. The fourth-order valence-electron chi connectivity index (χ4n) is 2.20. The summed E-state index contributed by atoms with van der Waals surface area (Å²) in [5.41, 5.74) is 5.79. The molecule has 1 nitrogen and oxygen atoms in total. The van der Waals surface area contributed by atoms with E-state index in [9.17, 15) is 0 Å². The van der Waals surface area contributed by atoms with E-state index in [1.54, 1.807) is 11.3 Å². The highest BCUT2D eigenvalue weighted by atomic mass is 35.5. The van der Waals surface area contributed by atoms with Crippen LogP contribution in [0.2, 0.25) is 4.34 Å². The van der Waals surface area contributed by atoms with Crippen molar-refractivity contribution >= 4 is 22.9 Å². The maximum atomic E-state index is 6.03. The highest BCUT2D eigenvalue weighted by molar-refractivity contribution is 7.14. The number of aromatic nitrogens is 1. The van der Waals surface area contributed by atoms with Crippen molar-refractivity contribution in [2.24, 2.45) is 0 Å². The van der Waals surface area contributed by atoms with Crippen LogP contribution in [0.15, 0.2) is 54.0 Å². The second-order valence-electron chi connectivity index (χ2n) is 4.33. The number of hydrogen-bond acceptors (Lipinski definition) is 2. The van der Waals surface area contributed by atoms with Crippen LogP contribution in [0.25, 0.3) is 22.4 Å². The molecule has 0 saturated heterocycles. The van der Waals surface area contributed by atoms with E-state index in [2.05, 4.69) is 35.5 Å². The van der Waals surface area contributed by atoms with Crippen molar-refractivity contribution < 1.29 is 0 Å². The summed E-state index contributed by atoms with van der Waals surface area (Å²) in [6, 6.07) is 14.3. The Hall–Kier alpha value is -1.64. The summed E-state index contributed by atoms with van der Waals surface area (Å²) in [6.45, 7) is 2.13. The SMILES string of the molecule is Cc1c(-c2csc(Cl)c2)cccc1-c1ccccn1. The van der Waals surface area contributed by atoms with E-state index in [1.165, 1.54) is 22.3 Å². The van der Waals surface area contributed by atoms with Gasteiger partial charge in [-0.1, -0.05) is 35.9 Å². The fraction of sp³-hybridized carbons (Fsp3) is 0.0625. The van der Waals surface area contributed by atoms with Crippen LogP contribution in [0.5, 0.6) is 0 Å². The number of hydrogen-bond donors (Lipinski definition) is 0. The van der Waals surface area contributed by atoms with Gasteiger partial charge >= 0.3 is 0 Å². The van der Waals surface area contributed by atoms with Gasteiger partial charge in [0.05, 0.1) is 10.0 Å². The predicted octanol–water partition coefficient (Wildman–Crippen LogP) is 5.44. The third-order valence-electron chi connectivity index (χ3n) is 3.15. The average Bonchev–Trinajstić information content (AvgIpc) is 2.86. The molecule has 3 heteroatoms. The van der Waals surface area contributed by atoms with Gasteiger partial charge in [-0.3, -0.25) is 4.98 Å². The van der Waals surface area contributed by atoms with Crippen LogP contribution in [-0.4, -0.2) is 4.98 Å². The number of nitrogens with zero attached hydrogens (tertiary/aromatic N) is 1. The lowest BCUT2D eigenvalue weighted by Crippen LogP contribution is -1.89. The molecular formula is C16H12ClNS. The Morgan fingerprint density at radius 3 is 2.58 bits per heavy atom. The first-order valence-electron chi connectivity index (χ1n) is 6.01. The van der Waals surface area contributed by atoms with E-state index in [1.807, 2.05) is 30.5 Å². The van der Waals surface area contributed by atoms with Gasteiger partial charge in [0.25, 0.3) is 0 Å². The standard InChI is InChI=1S/C16H12ClNS/c1-11-13(12-9-16(17)19-10-12)5-4-6-14(11)15-7-2-3-8-18-15/h2-10H,1H3. The highest BCUT2D eigenvalue weighted by Gasteiger charge is 2.09. The smallest absolute Gasteiger partial charge is 0.0934 e. The maximum absolute atomic E-state index is 6.03. The zero-order chi connectivity index (χ0) is 13.2. The van der Waals surface area contributed by atoms with Crippen molar-refractivity contribution in [3.63, 3.8) is 0 Å². The summed E-state index contributed by atoms with van der Waals surface area (Å²) in [5, 5.41) is 2.09. The summed E-state index contributed by atoms with van der Waals surface area (Å²) in [5.74, 6) is 0. The molecule has 0 amide bonds. The van der Waals surface area contributed by atoms with Crippen LogP contribution in [0, 0.1) is 6.92 Å². The number of thiophene rings is 1. The van der Waals surface area contributed by atoms with Gasteiger partial charge in [-0.05, 0) is 41.8 Å². The summed E-state index contributed by atoms with van der Waals surface area (Å²) >= 11 is 7.59. The molecule has 0 aliphatic rings. The first-order valence-corrected chi connectivity index (χ1v) is 7.27. The second kappa shape index (κ2) is 5.16. The molecule has 2 heterocycles. The number of pyridine rings is 1. The topological polar surface area (TPSA) is 12.9 Å². The van der Waals surface area contributed by atoms with Crippen molar-refractivity contribution in [2.75, 3.05) is 0 Å². The van der Waals surface area contributed by atoms with Crippen LogP contribution in [0.3, 0.4) is 0 Å². The molecule has 0 saturated carbocycles. The van der Waals surface area contributed by atoms with Crippen LogP contribution in [0.1, 0.15) is 5.56 Å². The highest BCUT2D eigenvalue weighted by Crippen LogP contribution is 2.34. The lowest BCUT2D eigenvalue weighted by atomic mass is 9.96. The molecule has 0 atom stereocenters. The molecule has 0 radical (unpaired) electrons. The van der Waals surface area contributed by atoms with Gasteiger partial charge in [0, 0.05) is 17.1 Å². The van der Waals surface area contributed by atoms with E-state index in [0.29, 0.717) is 0 Å². The molecule has 0 unspecified atom stereocenters. The average molecular weight is 286 g/mol. The summed E-state index contributed by atoms with van der Waals surface area (Å²) < 4.78 is 0.817. The van der Waals surface area contributed by atoms with E-state index in [0.717, 1.165) is 10.0 Å². The lowest BCUT2D eigenvalue weighted by Gasteiger charge is -2.09. The normalized spacial score (nSPS) is 10.6. The number of halogens is 1. The molecule has 1 aromatic carbocycles. The van der Waals surface area contributed by atoms with Crippen LogP contribution >= 0.6 is 22.9 Å². The van der Waals surface area contributed by atoms with E-state index >= 15 is 0 Å². The Morgan fingerprint density at radius 1 is 1.05 bits per heavy atom. The molecule has 19 heavy (non-hydrogen) atoms. The molecular weight excluding hydrogens is 274 g/mol. The van der Waals surface area contributed by atoms with E-state index in [-0.39, 0.29) is 0 Å². The molecule has 3 aromatic rings. The Bertz CT molecular complexity index is 704. The lowest BCUT2D eigenvalue weighted by molar-refractivity contribution is 1.31. The minimum Gasteiger partial charge on any atom is -0.256 e.